The van der Waals surface area contributed by atoms with E-state index >= 15 is 0 Å². The van der Waals surface area contributed by atoms with Crippen LogP contribution in [-0.2, 0) is 4.89 Å². The van der Waals surface area contributed by atoms with E-state index in [2.05, 4.69) is 25.7 Å². The van der Waals surface area contributed by atoms with Crippen LogP contribution in [0.4, 0.5) is 0 Å². The second-order valence-corrected chi connectivity index (χ2v) is 4.59. The van der Waals surface area contributed by atoms with Gasteiger partial charge in [-0.2, -0.15) is 0 Å². The maximum Gasteiger partial charge on any atom is 0.103 e. The Morgan fingerprint density at radius 3 is 2.00 bits per heavy atom. The molecule has 2 heteroatoms. The molecule has 0 fully saturated rings. The third kappa shape index (κ3) is 2.76. The summed E-state index contributed by atoms with van der Waals surface area (Å²) in [6, 6.07) is 0. The van der Waals surface area contributed by atoms with Crippen molar-refractivity contribution >= 4 is 0 Å². The Bertz CT molecular complexity index is 128. The molecule has 0 aromatic heterocycles. The van der Waals surface area contributed by atoms with Crippen molar-refractivity contribution in [3.63, 3.8) is 0 Å². The normalized spacial score (nSPS) is 13.5. The van der Waals surface area contributed by atoms with Crippen molar-refractivity contribution in [1.29, 1.82) is 0 Å². The molecule has 12 heavy (non-hydrogen) atoms. The number of unbranched alkanes of at least 4 members (excludes halogenated alkanes) is 1. The van der Waals surface area contributed by atoms with Gasteiger partial charge >= 0.3 is 0 Å². The minimum absolute atomic E-state index is 0.0256. The molecule has 0 aromatic carbocycles. The van der Waals surface area contributed by atoms with Crippen molar-refractivity contribution in [3.05, 3.63) is 0 Å². The largest absolute Gasteiger partial charge is 0.251 e. The zero-order valence-corrected chi connectivity index (χ0v) is 8.98. The molecule has 0 saturated heterocycles. The van der Waals surface area contributed by atoms with Crippen LogP contribution in [0.15, 0.2) is 0 Å². The molecule has 0 aliphatic carbocycles. The summed E-state index contributed by atoms with van der Waals surface area (Å²) >= 11 is 0. The van der Waals surface area contributed by atoms with Crippen LogP contribution in [0.25, 0.3) is 0 Å². The SMILES string of the molecule is CCCCC(C)(C)C(C)(C)OO. The molecule has 1 N–H and O–H groups in total. The summed E-state index contributed by atoms with van der Waals surface area (Å²) in [4.78, 5) is 4.50. The third-order valence-corrected chi connectivity index (χ3v) is 3.01. The van der Waals surface area contributed by atoms with E-state index in [-0.39, 0.29) is 5.41 Å². The molecule has 2 nitrogen and oxygen atoms in total. The first-order valence-electron chi connectivity index (χ1n) is 4.70. The van der Waals surface area contributed by atoms with Gasteiger partial charge < -0.3 is 0 Å². The maximum atomic E-state index is 8.73. The molecule has 0 aliphatic rings. The first kappa shape index (κ1) is 11.9. The Balaban J connectivity index is 4.17. The van der Waals surface area contributed by atoms with E-state index in [4.69, 9.17) is 5.26 Å². The maximum absolute atomic E-state index is 8.73. The van der Waals surface area contributed by atoms with Crippen LogP contribution in [0.3, 0.4) is 0 Å². The van der Waals surface area contributed by atoms with E-state index in [0.29, 0.717) is 0 Å². The molecule has 0 rings (SSSR count). The number of rotatable bonds is 5. The lowest BCUT2D eigenvalue weighted by molar-refractivity contribution is -0.340. The predicted molar refractivity (Wildman–Crippen MR) is 51.1 cm³/mol. The predicted octanol–water partition coefficient (Wildman–Crippen LogP) is 3.47. The van der Waals surface area contributed by atoms with Gasteiger partial charge in [0.05, 0.1) is 0 Å². The Kier molecular flexibility index (Phi) is 4.21. The van der Waals surface area contributed by atoms with Gasteiger partial charge in [-0.05, 0) is 25.7 Å². The lowest BCUT2D eigenvalue weighted by atomic mass is 9.74. The zero-order chi connectivity index (χ0) is 9.83. The summed E-state index contributed by atoms with van der Waals surface area (Å²) in [6.07, 6.45) is 3.45. The quantitative estimate of drug-likeness (QED) is 0.511. The highest BCUT2D eigenvalue weighted by Crippen LogP contribution is 2.37. The van der Waals surface area contributed by atoms with E-state index < -0.39 is 5.60 Å². The molecule has 74 valence electrons. The van der Waals surface area contributed by atoms with Gasteiger partial charge in [-0.25, -0.2) is 4.89 Å². The smallest absolute Gasteiger partial charge is 0.103 e. The van der Waals surface area contributed by atoms with Crippen molar-refractivity contribution in [2.45, 2.75) is 59.5 Å². The Morgan fingerprint density at radius 2 is 1.67 bits per heavy atom. The van der Waals surface area contributed by atoms with Gasteiger partial charge in [0.1, 0.15) is 5.60 Å². The summed E-state index contributed by atoms with van der Waals surface area (Å²) in [7, 11) is 0. The first-order chi connectivity index (χ1) is 5.37. The van der Waals surface area contributed by atoms with Crippen LogP contribution in [0.2, 0.25) is 0 Å². The summed E-state index contributed by atoms with van der Waals surface area (Å²) in [6.45, 7) is 10.3. The fourth-order valence-corrected chi connectivity index (χ4v) is 1.04. The molecular weight excluding hydrogens is 152 g/mol. The molecule has 0 saturated carbocycles. The number of hydrogen-bond acceptors (Lipinski definition) is 2. The van der Waals surface area contributed by atoms with Crippen molar-refractivity contribution in [2.75, 3.05) is 0 Å². The third-order valence-electron chi connectivity index (χ3n) is 3.01. The topological polar surface area (TPSA) is 29.5 Å². The fourth-order valence-electron chi connectivity index (χ4n) is 1.04. The molecule has 0 unspecified atom stereocenters. The fraction of sp³-hybridized carbons (Fsp3) is 1.00. The Morgan fingerprint density at radius 1 is 1.17 bits per heavy atom. The van der Waals surface area contributed by atoms with Gasteiger partial charge in [0.25, 0.3) is 0 Å². The van der Waals surface area contributed by atoms with Gasteiger partial charge in [-0.3, -0.25) is 5.26 Å². The summed E-state index contributed by atoms with van der Waals surface area (Å²) in [5, 5.41) is 8.73. The van der Waals surface area contributed by atoms with Crippen molar-refractivity contribution < 1.29 is 10.1 Å². The van der Waals surface area contributed by atoms with Crippen LogP contribution in [-0.4, -0.2) is 10.9 Å². The Hall–Kier alpha value is -0.0800. The summed E-state index contributed by atoms with van der Waals surface area (Å²) < 4.78 is 0. The van der Waals surface area contributed by atoms with Crippen LogP contribution in [0.1, 0.15) is 53.9 Å². The second kappa shape index (κ2) is 4.24. The zero-order valence-electron chi connectivity index (χ0n) is 8.98. The molecule has 0 aliphatic heterocycles. The monoisotopic (exact) mass is 174 g/mol. The molecule has 0 heterocycles. The average molecular weight is 174 g/mol. The lowest BCUT2D eigenvalue weighted by Crippen LogP contribution is -2.40. The van der Waals surface area contributed by atoms with Crippen LogP contribution in [0, 0.1) is 5.41 Å². The minimum Gasteiger partial charge on any atom is -0.251 e. The van der Waals surface area contributed by atoms with Crippen LogP contribution < -0.4 is 0 Å². The van der Waals surface area contributed by atoms with E-state index in [1.54, 1.807) is 0 Å². The second-order valence-electron chi connectivity index (χ2n) is 4.59. The highest BCUT2D eigenvalue weighted by molar-refractivity contribution is 4.86. The van der Waals surface area contributed by atoms with E-state index in [0.717, 1.165) is 6.42 Å². The van der Waals surface area contributed by atoms with Crippen molar-refractivity contribution in [3.8, 4) is 0 Å². The van der Waals surface area contributed by atoms with Crippen LogP contribution >= 0.6 is 0 Å². The first-order valence-corrected chi connectivity index (χ1v) is 4.70. The Labute approximate surface area is 75.9 Å². The van der Waals surface area contributed by atoms with E-state index in [1.807, 2.05) is 13.8 Å². The number of hydrogen-bond donors (Lipinski definition) is 1. The van der Waals surface area contributed by atoms with Crippen molar-refractivity contribution in [1.82, 2.24) is 0 Å². The molecule has 0 bridgehead atoms. The van der Waals surface area contributed by atoms with Gasteiger partial charge in [0.2, 0.25) is 0 Å². The molecule has 0 spiro atoms. The van der Waals surface area contributed by atoms with Gasteiger partial charge in [-0.15, -0.1) is 0 Å². The van der Waals surface area contributed by atoms with E-state index in [9.17, 15) is 0 Å². The highest BCUT2D eigenvalue weighted by Gasteiger charge is 2.37. The van der Waals surface area contributed by atoms with Gasteiger partial charge in [-0.1, -0.05) is 33.6 Å². The summed E-state index contributed by atoms with van der Waals surface area (Å²) in [5.74, 6) is 0. The van der Waals surface area contributed by atoms with Gasteiger partial charge in [0, 0.05) is 0 Å². The highest BCUT2D eigenvalue weighted by atomic mass is 17.1. The van der Waals surface area contributed by atoms with E-state index in [1.165, 1.54) is 12.8 Å². The van der Waals surface area contributed by atoms with Gasteiger partial charge in [0.15, 0.2) is 0 Å². The van der Waals surface area contributed by atoms with Crippen LogP contribution in [0.5, 0.6) is 0 Å². The molecule has 0 aromatic rings. The molecule has 0 amide bonds. The summed E-state index contributed by atoms with van der Waals surface area (Å²) in [5.41, 5.74) is -0.431. The minimum atomic E-state index is -0.456. The molecule has 0 radical (unpaired) electrons. The standard InChI is InChI=1S/C10H22O2/c1-6-7-8-9(2,3)10(4,5)12-11/h11H,6-8H2,1-5H3. The molecular formula is C10H22O2. The average Bonchev–Trinajstić information content (AvgIpc) is 2.00. The van der Waals surface area contributed by atoms with Crippen molar-refractivity contribution in [2.24, 2.45) is 5.41 Å². The lowest BCUT2D eigenvalue weighted by Gasteiger charge is -2.38. The molecule has 0 atom stereocenters.